The van der Waals surface area contributed by atoms with Crippen molar-refractivity contribution in [2.24, 2.45) is 11.7 Å². The van der Waals surface area contributed by atoms with Gasteiger partial charge in [-0.1, -0.05) is 43.5 Å². The minimum absolute atomic E-state index is 0.00139. The van der Waals surface area contributed by atoms with E-state index in [2.05, 4.69) is 4.98 Å². The lowest BCUT2D eigenvalue weighted by Gasteiger charge is -2.15. The molecule has 0 fully saturated rings. The number of unbranched alkanes of at least 4 members (excludes halogenated alkanes) is 3. The number of nitrogens with zero attached hydrogens (tertiary/aromatic N) is 2. The number of aliphatic hydroxyl groups is 2. The highest BCUT2D eigenvalue weighted by molar-refractivity contribution is 6.30. The number of carbonyl (C=O) groups is 3. The number of aliphatic carboxylic acids is 1. The van der Waals surface area contributed by atoms with Gasteiger partial charge in [-0.15, -0.1) is 0 Å². The van der Waals surface area contributed by atoms with Crippen LogP contribution in [0.5, 0.6) is 0 Å². The number of carbonyl (C=O) groups excluding carboxylic acids is 2. The molecular formula is C29H36ClN3O6. The minimum Gasteiger partial charge on any atom is -0.481 e. The summed E-state index contributed by atoms with van der Waals surface area (Å²) >= 11 is 6.07. The van der Waals surface area contributed by atoms with Gasteiger partial charge in [-0.2, -0.15) is 0 Å². The molecule has 0 aliphatic carbocycles. The van der Waals surface area contributed by atoms with Gasteiger partial charge in [0.05, 0.1) is 24.8 Å². The number of primary amides is 1. The van der Waals surface area contributed by atoms with Crippen LogP contribution in [0, 0.1) is 5.92 Å². The monoisotopic (exact) mass is 557 g/mol. The molecule has 39 heavy (non-hydrogen) atoms. The number of aryl methyl sites for hydroxylation is 1. The number of carboxylic acid groups (broad SMARTS) is 1. The lowest BCUT2D eigenvalue weighted by molar-refractivity contribution is -0.137. The molecule has 3 rings (SSSR count). The molecule has 0 saturated carbocycles. The molecule has 0 radical (unpaired) electrons. The summed E-state index contributed by atoms with van der Waals surface area (Å²) in [6, 6.07) is 9.32. The number of fused-ring (bicyclic) bond motifs is 1. The Morgan fingerprint density at radius 3 is 2.44 bits per heavy atom. The van der Waals surface area contributed by atoms with Gasteiger partial charge in [0.25, 0.3) is 0 Å². The number of hydrogen-bond acceptors (Lipinski definition) is 6. The molecule has 9 nitrogen and oxygen atoms in total. The number of aliphatic hydroxyl groups excluding tert-OH is 2. The fraction of sp³-hybridized carbons (Fsp3) is 0.448. The standard InChI is InChI=1S/C29H36ClN3O6/c1-18(12-26(37)38)11-25(36)27-23-14-20(28(31)39)15-32-29(23)33(16-22(35)17-34)24(27)10-5-3-2-4-7-19-8-6-9-21(30)13-19/h6,8-9,13-15,18,22,34-35H,2-5,7,10-12,16-17H2,1H3,(H2,31,39)(H,37,38)/t18?,22-/m1/s1. The molecule has 1 aromatic carbocycles. The molecule has 0 aliphatic heterocycles. The molecule has 0 spiro atoms. The highest BCUT2D eigenvalue weighted by atomic mass is 35.5. The van der Waals surface area contributed by atoms with E-state index in [0.29, 0.717) is 33.7 Å². The van der Waals surface area contributed by atoms with Crippen LogP contribution in [0.1, 0.15) is 77.4 Å². The number of pyridine rings is 1. The zero-order chi connectivity index (χ0) is 28.5. The summed E-state index contributed by atoms with van der Waals surface area (Å²) in [5.41, 5.74) is 8.21. The molecule has 10 heteroatoms. The zero-order valence-corrected chi connectivity index (χ0v) is 22.9. The van der Waals surface area contributed by atoms with Crippen molar-refractivity contribution in [3.63, 3.8) is 0 Å². The number of benzene rings is 1. The maximum absolute atomic E-state index is 13.6. The number of rotatable bonds is 16. The Morgan fingerprint density at radius 1 is 1.08 bits per heavy atom. The molecule has 0 saturated heterocycles. The van der Waals surface area contributed by atoms with Gasteiger partial charge in [0.1, 0.15) is 5.65 Å². The summed E-state index contributed by atoms with van der Waals surface area (Å²) in [5, 5.41) is 30.1. The molecule has 2 atom stereocenters. The predicted molar refractivity (Wildman–Crippen MR) is 149 cm³/mol. The molecule has 2 aromatic heterocycles. The number of carboxylic acids is 1. The molecule has 210 valence electrons. The molecule has 1 amide bonds. The molecule has 3 aromatic rings. The highest BCUT2D eigenvalue weighted by Crippen LogP contribution is 2.30. The number of amides is 1. The quantitative estimate of drug-likeness (QED) is 0.152. The van der Waals surface area contributed by atoms with Gasteiger partial charge in [0.15, 0.2) is 5.78 Å². The topological polar surface area (TPSA) is 156 Å². The van der Waals surface area contributed by atoms with E-state index >= 15 is 0 Å². The van der Waals surface area contributed by atoms with Crippen LogP contribution in [0.15, 0.2) is 36.5 Å². The highest BCUT2D eigenvalue weighted by Gasteiger charge is 2.26. The van der Waals surface area contributed by atoms with E-state index < -0.39 is 30.5 Å². The minimum atomic E-state index is -1.08. The summed E-state index contributed by atoms with van der Waals surface area (Å²) in [5.74, 6) is -2.33. The Kier molecular flexibility index (Phi) is 11.0. The number of halogens is 1. The molecule has 2 heterocycles. The second-order valence-corrected chi connectivity index (χ2v) is 10.5. The van der Waals surface area contributed by atoms with Gasteiger partial charge in [0.2, 0.25) is 5.91 Å². The van der Waals surface area contributed by atoms with Gasteiger partial charge in [-0.25, -0.2) is 4.98 Å². The molecule has 0 bridgehead atoms. The number of ketones is 1. The average Bonchev–Trinajstić information content (AvgIpc) is 3.17. The summed E-state index contributed by atoms with van der Waals surface area (Å²) in [7, 11) is 0. The summed E-state index contributed by atoms with van der Waals surface area (Å²) in [4.78, 5) is 41.0. The first-order chi connectivity index (χ1) is 18.6. The van der Waals surface area contributed by atoms with Crippen LogP contribution >= 0.6 is 11.6 Å². The van der Waals surface area contributed by atoms with Crippen LogP contribution < -0.4 is 5.73 Å². The SMILES string of the molecule is CC(CC(=O)O)CC(=O)c1c(CCCCCCc2cccc(Cl)c2)n(C[C@@H](O)CO)c2ncc(C(N)=O)cc12. The smallest absolute Gasteiger partial charge is 0.303 e. The third-order valence-electron chi connectivity index (χ3n) is 6.75. The first kappa shape index (κ1) is 30.3. The van der Waals surface area contributed by atoms with Crippen LogP contribution in [-0.2, 0) is 24.2 Å². The van der Waals surface area contributed by atoms with E-state index in [-0.39, 0.29) is 30.7 Å². The van der Waals surface area contributed by atoms with Crippen LogP contribution in [0.25, 0.3) is 11.0 Å². The van der Waals surface area contributed by atoms with Gasteiger partial charge in [-0.3, -0.25) is 14.4 Å². The van der Waals surface area contributed by atoms with Crippen LogP contribution in [-0.4, -0.2) is 55.2 Å². The van der Waals surface area contributed by atoms with Gasteiger partial charge < -0.3 is 25.6 Å². The average molecular weight is 558 g/mol. The second kappa shape index (κ2) is 14.2. The summed E-state index contributed by atoms with van der Waals surface area (Å²) in [6.07, 6.45) is 5.12. The van der Waals surface area contributed by atoms with Crippen molar-refractivity contribution in [1.29, 1.82) is 0 Å². The van der Waals surface area contributed by atoms with Crippen molar-refractivity contribution in [2.75, 3.05) is 6.61 Å². The van der Waals surface area contributed by atoms with Crippen molar-refractivity contribution in [3.8, 4) is 0 Å². The lowest BCUT2D eigenvalue weighted by Crippen LogP contribution is -2.22. The van der Waals surface area contributed by atoms with Crippen molar-refractivity contribution >= 4 is 40.3 Å². The number of hydrogen-bond donors (Lipinski definition) is 4. The molecule has 1 unspecified atom stereocenters. The molecule has 0 aliphatic rings. The van der Waals surface area contributed by atoms with Gasteiger partial charge in [0, 0.05) is 40.7 Å². The van der Waals surface area contributed by atoms with Crippen molar-refractivity contribution < 1.29 is 29.7 Å². The Morgan fingerprint density at radius 2 is 1.79 bits per heavy atom. The van der Waals surface area contributed by atoms with E-state index in [0.717, 1.165) is 32.1 Å². The first-order valence-electron chi connectivity index (χ1n) is 13.2. The van der Waals surface area contributed by atoms with E-state index in [1.165, 1.54) is 17.8 Å². The Balaban J connectivity index is 1.88. The first-order valence-corrected chi connectivity index (χ1v) is 13.6. The van der Waals surface area contributed by atoms with Gasteiger partial charge >= 0.3 is 5.97 Å². The van der Waals surface area contributed by atoms with E-state index in [1.807, 2.05) is 24.3 Å². The van der Waals surface area contributed by atoms with Crippen LogP contribution in [0.2, 0.25) is 5.02 Å². The molecule has 5 N–H and O–H groups in total. The fourth-order valence-corrected chi connectivity index (χ4v) is 5.12. The van der Waals surface area contributed by atoms with E-state index in [4.69, 9.17) is 22.4 Å². The third-order valence-corrected chi connectivity index (χ3v) is 6.98. The Labute approximate surface area is 232 Å². The van der Waals surface area contributed by atoms with Crippen LogP contribution in [0.3, 0.4) is 0 Å². The maximum atomic E-state index is 13.6. The second-order valence-electron chi connectivity index (χ2n) is 10.1. The fourth-order valence-electron chi connectivity index (χ4n) is 4.90. The normalized spacial score (nSPS) is 12.9. The number of aromatic nitrogens is 2. The Hall–Kier alpha value is -3.27. The van der Waals surface area contributed by atoms with E-state index in [9.17, 15) is 24.6 Å². The predicted octanol–water partition coefficient (Wildman–Crippen LogP) is 4.17. The Bertz CT molecular complexity index is 1320. The number of nitrogens with two attached hydrogens (primary N) is 1. The zero-order valence-electron chi connectivity index (χ0n) is 22.1. The largest absolute Gasteiger partial charge is 0.481 e. The maximum Gasteiger partial charge on any atom is 0.303 e. The van der Waals surface area contributed by atoms with Crippen molar-refractivity contribution in [2.45, 2.75) is 70.9 Å². The molecular weight excluding hydrogens is 522 g/mol. The number of Topliss-reactive ketones (excluding diaryl/α,β-unsaturated/α-hetero) is 1. The summed E-state index contributed by atoms with van der Waals surface area (Å²) < 4.78 is 1.72. The van der Waals surface area contributed by atoms with Crippen LogP contribution in [0.4, 0.5) is 0 Å². The lowest BCUT2D eigenvalue weighted by atomic mass is 9.94. The summed E-state index contributed by atoms with van der Waals surface area (Å²) in [6.45, 7) is 1.24. The van der Waals surface area contributed by atoms with Crippen molar-refractivity contribution in [1.82, 2.24) is 9.55 Å². The van der Waals surface area contributed by atoms with E-state index in [1.54, 1.807) is 11.5 Å². The van der Waals surface area contributed by atoms with Gasteiger partial charge in [-0.05, 0) is 55.4 Å². The van der Waals surface area contributed by atoms with Crippen molar-refractivity contribution in [3.05, 3.63) is 63.9 Å². The third kappa shape index (κ3) is 8.36.